The number of benzene rings is 1. The van der Waals surface area contributed by atoms with E-state index in [0.29, 0.717) is 17.3 Å². The molecular formula is C22H12F6N4. The van der Waals surface area contributed by atoms with Crippen LogP contribution in [0, 0.1) is 0 Å². The summed E-state index contributed by atoms with van der Waals surface area (Å²) in [5.74, 6) is -0.234. The lowest BCUT2D eigenvalue weighted by Gasteiger charge is -2.12. The van der Waals surface area contributed by atoms with Crippen molar-refractivity contribution < 1.29 is 26.3 Å². The first-order valence-corrected chi connectivity index (χ1v) is 9.12. The van der Waals surface area contributed by atoms with Crippen molar-refractivity contribution in [2.45, 2.75) is 12.4 Å². The summed E-state index contributed by atoms with van der Waals surface area (Å²) in [5, 5.41) is 0. The highest BCUT2D eigenvalue weighted by Crippen LogP contribution is 2.34. The first kappa shape index (κ1) is 21.4. The Morgan fingerprint density at radius 3 is 2.00 bits per heavy atom. The molecule has 0 N–H and O–H groups in total. The summed E-state index contributed by atoms with van der Waals surface area (Å²) in [6.45, 7) is 0. The van der Waals surface area contributed by atoms with E-state index in [2.05, 4.69) is 19.9 Å². The maximum atomic E-state index is 13.5. The Labute approximate surface area is 177 Å². The Hall–Kier alpha value is -3.82. The van der Waals surface area contributed by atoms with Gasteiger partial charge in [-0.15, -0.1) is 0 Å². The van der Waals surface area contributed by atoms with Gasteiger partial charge in [0.1, 0.15) is 5.69 Å². The predicted octanol–water partition coefficient (Wildman–Crippen LogP) is 6.31. The smallest absolute Gasteiger partial charge is 0.264 e. The molecule has 3 heterocycles. The Morgan fingerprint density at radius 2 is 1.38 bits per heavy atom. The quantitative estimate of drug-likeness (QED) is 0.347. The zero-order chi connectivity index (χ0) is 22.9. The predicted molar refractivity (Wildman–Crippen MR) is 104 cm³/mol. The molecule has 10 heteroatoms. The third-order valence-corrected chi connectivity index (χ3v) is 4.50. The van der Waals surface area contributed by atoms with Crippen LogP contribution in [0.3, 0.4) is 0 Å². The standard InChI is InChI=1S/C22H12F6N4/c23-21(24,25)16-5-3-13(4-6-16)18-11-19(22(26,27)28)32-20(31-18)14-7-9-30-17(10-14)15-2-1-8-29-12-15/h1-12H. The number of rotatable bonds is 3. The Bertz CT molecular complexity index is 1240. The van der Waals surface area contributed by atoms with Gasteiger partial charge in [-0.3, -0.25) is 9.97 Å². The Kier molecular flexibility index (Phi) is 5.37. The van der Waals surface area contributed by atoms with Gasteiger partial charge in [0.05, 0.1) is 17.0 Å². The fourth-order valence-electron chi connectivity index (χ4n) is 2.94. The lowest BCUT2D eigenvalue weighted by molar-refractivity contribution is -0.141. The molecule has 4 aromatic rings. The second-order valence-electron chi connectivity index (χ2n) is 6.71. The van der Waals surface area contributed by atoms with Gasteiger partial charge in [-0.05, 0) is 42.5 Å². The summed E-state index contributed by atoms with van der Waals surface area (Å²) in [6.07, 6.45) is -4.82. The van der Waals surface area contributed by atoms with E-state index in [1.807, 2.05) is 0 Å². The summed E-state index contributed by atoms with van der Waals surface area (Å²) < 4.78 is 78.9. The van der Waals surface area contributed by atoms with Crippen molar-refractivity contribution >= 4 is 0 Å². The molecule has 0 radical (unpaired) electrons. The molecule has 0 aliphatic heterocycles. The van der Waals surface area contributed by atoms with Crippen LogP contribution in [0.25, 0.3) is 33.9 Å². The topological polar surface area (TPSA) is 51.6 Å². The molecule has 0 atom stereocenters. The van der Waals surface area contributed by atoms with E-state index in [4.69, 9.17) is 0 Å². The van der Waals surface area contributed by atoms with Gasteiger partial charge in [0.2, 0.25) is 0 Å². The molecule has 0 spiro atoms. The minimum atomic E-state index is -4.78. The maximum Gasteiger partial charge on any atom is 0.433 e. The minimum Gasteiger partial charge on any atom is -0.264 e. The van der Waals surface area contributed by atoms with Crippen LogP contribution in [0.4, 0.5) is 26.3 Å². The molecule has 1 aromatic carbocycles. The van der Waals surface area contributed by atoms with E-state index in [0.717, 1.165) is 24.3 Å². The van der Waals surface area contributed by atoms with Crippen molar-refractivity contribution in [1.29, 1.82) is 0 Å². The SMILES string of the molecule is FC(F)(F)c1ccc(-c2cc(C(F)(F)F)nc(-c3ccnc(-c4cccnc4)c3)n2)cc1. The first-order valence-electron chi connectivity index (χ1n) is 9.12. The molecule has 0 aliphatic rings. The molecule has 0 aliphatic carbocycles. The van der Waals surface area contributed by atoms with Crippen LogP contribution in [0.5, 0.6) is 0 Å². The lowest BCUT2D eigenvalue weighted by atomic mass is 10.1. The minimum absolute atomic E-state index is 0.0914. The van der Waals surface area contributed by atoms with E-state index in [-0.39, 0.29) is 22.6 Å². The second-order valence-corrected chi connectivity index (χ2v) is 6.71. The molecule has 0 bridgehead atoms. The van der Waals surface area contributed by atoms with Crippen molar-refractivity contribution in [3.63, 3.8) is 0 Å². The summed E-state index contributed by atoms with van der Waals surface area (Å²) in [6, 6.07) is 10.8. The molecule has 0 saturated heterocycles. The van der Waals surface area contributed by atoms with Gasteiger partial charge in [0.25, 0.3) is 0 Å². The highest BCUT2D eigenvalue weighted by Gasteiger charge is 2.34. The lowest BCUT2D eigenvalue weighted by Crippen LogP contribution is -2.10. The maximum absolute atomic E-state index is 13.5. The highest BCUT2D eigenvalue weighted by molar-refractivity contribution is 5.68. The monoisotopic (exact) mass is 446 g/mol. The third kappa shape index (κ3) is 4.58. The molecule has 0 fully saturated rings. The average Bonchev–Trinajstić information content (AvgIpc) is 2.78. The van der Waals surface area contributed by atoms with Crippen LogP contribution in [0.1, 0.15) is 11.3 Å². The summed E-state index contributed by atoms with van der Waals surface area (Å²) >= 11 is 0. The van der Waals surface area contributed by atoms with Crippen molar-refractivity contribution in [2.75, 3.05) is 0 Å². The van der Waals surface area contributed by atoms with Gasteiger partial charge in [0, 0.05) is 35.3 Å². The van der Waals surface area contributed by atoms with E-state index >= 15 is 0 Å². The van der Waals surface area contributed by atoms with Crippen LogP contribution in [-0.2, 0) is 12.4 Å². The first-order chi connectivity index (χ1) is 15.1. The molecule has 4 rings (SSSR count). The molecule has 0 unspecified atom stereocenters. The van der Waals surface area contributed by atoms with Crippen molar-refractivity contribution in [1.82, 2.24) is 19.9 Å². The second kappa shape index (κ2) is 8.03. The molecule has 3 aromatic heterocycles. The fourth-order valence-corrected chi connectivity index (χ4v) is 2.94. The number of hydrogen-bond donors (Lipinski definition) is 0. The van der Waals surface area contributed by atoms with Gasteiger partial charge in [-0.25, -0.2) is 9.97 Å². The number of hydrogen-bond acceptors (Lipinski definition) is 4. The zero-order valence-electron chi connectivity index (χ0n) is 16.0. The Morgan fingerprint density at radius 1 is 0.625 bits per heavy atom. The van der Waals surface area contributed by atoms with Crippen LogP contribution in [0.2, 0.25) is 0 Å². The summed E-state index contributed by atoms with van der Waals surface area (Å²) in [7, 11) is 0. The summed E-state index contributed by atoms with van der Waals surface area (Å²) in [4.78, 5) is 16.0. The van der Waals surface area contributed by atoms with Crippen molar-refractivity contribution in [3.05, 3.63) is 84.4 Å². The molecular weight excluding hydrogens is 434 g/mol. The van der Waals surface area contributed by atoms with Gasteiger partial charge < -0.3 is 0 Å². The van der Waals surface area contributed by atoms with E-state index in [9.17, 15) is 26.3 Å². The van der Waals surface area contributed by atoms with Gasteiger partial charge in [-0.1, -0.05) is 12.1 Å². The van der Waals surface area contributed by atoms with Crippen molar-refractivity contribution in [3.8, 4) is 33.9 Å². The Balaban J connectivity index is 1.82. The van der Waals surface area contributed by atoms with Crippen LogP contribution < -0.4 is 0 Å². The highest BCUT2D eigenvalue weighted by atomic mass is 19.4. The molecule has 0 amide bonds. The fraction of sp³-hybridized carbons (Fsp3) is 0.0909. The van der Waals surface area contributed by atoms with Gasteiger partial charge in [0.15, 0.2) is 5.82 Å². The van der Waals surface area contributed by atoms with E-state index < -0.39 is 23.6 Å². The largest absolute Gasteiger partial charge is 0.433 e. The van der Waals surface area contributed by atoms with Gasteiger partial charge >= 0.3 is 12.4 Å². The average molecular weight is 446 g/mol. The molecule has 0 saturated carbocycles. The third-order valence-electron chi connectivity index (χ3n) is 4.50. The van der Waals surface area contributed by atoms with Gasteiger partial charge in [-0.2, -0.15) is 26.3 Å². The summed E-state index contributed by atoms with van der Waals surface area (Å²) in [5.41, 5.74) is -0.835. The van der Waals surface area contributed by atoms with E-state index in [1.165, 1.54) is 18.3 Å². The molecule has 4 nitrogen and oxygen atoms in total. The zero-order valence-corrected chi connectivity index (χ0v) is 16.0. The molecule has 162 valence electrons. The van der Waals surface area contributed by atoms with E-state index in [1.54, 1.807) is 24.5 Å². The normalized spacial score (nSPS) is 12.1. The number of alkyl halides is 6. The number of aromatic nitrogens is 4. The number of halogens is 6. The van der Waals surface area contributed by atoms with Crippen molar-refractivity contribution in [2.24, 2.45) is 0 Å². The van der Waals surface area contributed by atoms with Crippen LogP contribution >= 0.6 is 0 Å². The number of nitrogens with zero attached hydrogens (tertiary/aromatic N) is 4. The van der Waals surface area contributed by atoms with Crippen LogP contribution in [0.15, 0.2) is 73.2 Å². The molecule has 32 heavy (non-hydrogen) atoms. The number of pyridine rings is 2. The van der Waals surface area contributed by atoms with Crippen LogP contribution in [-0.4, -0.2) is 19.9 Å².